The van der Waals surface area contributed by atoms with Crippen LogP contribution < -0.4 is 10.0 Å². The van der Waals surface area contributed by atoms with Gasteiger partial charge in [-0.1, -0.05) is 33.6 Å². The Balaban J connectivity index is 2.48. The van der Waals surface area contributed by atoms with Crippen molar-refractivity contribution in [2.75, 3.05) is 13.1 Å². The van der Waals surface area contributed by atoms with Crippen LogP contribution >= 0.6 is 0 Å². The average molecular weight is 302 g/mol. The Morgan fingerprint density at radius 2 is 2.05 bits per heavy atom. The SMILES string of the molecule is CCCCCNS(=O)(=O)c1cnn(CCNC(C)C)c1. The molecule has 116 valence electrons. The largest absolute Gasteiger partial charge is 0.313 e. The van der Waals surface area contributed by atoms with E-state index in [2.05, 4.69) is 35.9 Å². The highest BCUT2D eigenvalue weighted by molar-refractivity contribution is 7.89. The minimum Gasteiger partial charge on any atom is -0.313 e. The summed E-state index contributed by atoms with van der Waals surface area (Å²) in [7, 11) is -3.42. The molecule has 0 saturated carbocycles. The molecule has 0 radical (unpaired) electrons. The van der Waals surface area contributed by atoms with Gasteiger partial charge in [0.1, 0.15) is 4.90 Å². The zero-order valence-corrected chi connectivity index (χ0v) is 13.4. The number of sulfonamides is 1. The Hall–Kier alpha value is -0.920. The predicted molar refractivity (Wildman–Crippen MR) is 80.1 cm³/mol. The van der Waals surface area contributed by atoms with E-state index in [1.165, 1.54) is 6.20 Å². The normalized spacial score (nSPS) is 12.2. The zero-order valence-electron chi connectivity index (χ0n) is 12.6. The van der Waals surface area contributed by atoms with Crippen molar-refractivity contribution in [1.29, 1.82) is 0 Å². The van der Waals surface area contributed by atoms with Crippen LogP contribution in [0.2, 0.25) is 0 Å². The van der Waals surface area contributed by atoms with Crippen LogP contribution in [0.15, 0.2) is 17.3 Å². The fourth-order valence-corrected chi connectivity index (χ4v) is 2.76. The Labute approximate surface area is 122 Å². The maximum absolute atomic E-state index is 12.0. The van der Waals surface area contributed by atoms with E-state index in [1.807, 2.05) is 0 Å². The number of nitrogens with zero attached hydrogens (tertiary/aromatic N) is 2. The second-order valence-corrected chi connectivity index (χ2v) is 6.92. The van der Waals surface area contributed by atoms with Crippen molar-refractivity contribution >= 4 is 10.0 Å². The molecular weight excluding hydrogens is 276 g/mol. The smallest absolute Gasteiger partial charge is 0.243 e. The summed E-state index contributed by atoms with van der Waals surface area (Å²) >= 11 is 0. The number of unbranched alkanes of at least 4 members (excludes halogenated alkanes) is 2. The van der Waals surface area contributed by atoms with Gasteiger partial charge in [0, 0.05) is 25.3 Å². The van der Waals surface area contributed by atoms with Crippen molar-refractivity contribution in [2.24, 2.45) is 0 Å². The third-order valence-corrected chi connectivity index (χ3v) is 4.30. The van der Waals surface area contributed by atoms with Crippen molar-refractivity contribution in [3.63, 3.8) is 0 Å². The molecule has 1 aromatic rings. The molecule has 0 fully saturated rings. The van der Waals surface area contributed by atoms with Gasteiger partial charge in [0.05, 0.1) is 12.7 Å². The fourth-order valence-electron chi connectivity index (χ4n) is 1.74. The zero-order chi connectivity index (χ0) is 15.0. The summed E-state index contributed by atoms with van der Waals surface area (Å²) in [4.78, 5) is 0.235. The van der Waals surface area contributed by atoms with Crippen molar-refractivity contribution in [1.82, 2.24) is 19.8 Å². The van der Waals surface area contributed by atoms with Crippen molar-refractivity contribution in [3.05, 3.63) is 12.4 Å². The van der Waals surface area contributed by atoms with Gasteiger partial charge in [0.25, 0.3) is 0 Å². The summed E-state index contributed by atoms with van der Waals surface area (Å²) in [6, 6.07) is 0.411. The molecule has 0 aliphatic rings. The molecule has 0 saturated heterocycles. The molecule has 7 heteroatoms. The number of hydrogen-bond donors (Lipinski definition) is 2. The minimum absolute atomic E-state index is 0.235. The standard InChI is InChI=1S/C13H26N4O2S/c1-4-5-6-7-16-20(18,19)13-10-15-17(11-13)9-8-14-12(2)3/h10-12,14,16H,4-9H2,1-3H3. The molecule has 0 aliphatic carbocycles. The fraction of sp³-hybridized carbons (Fsp3) is 0.769. The van der Waals surface area contributed by atoms with Gasteiger partial charge < -0.3 is 5.32 Å². The van der Waals surface area contributed by atoms with Gasteiger partial charge in [-0.05, 0) is 6.42 Å². The quantitative estimate of drug-likeness (QED) is 0.640. The van der Waals surface area contributed by atoms with Crippen molar-refractivity contribution < 1.29 is 8.42 Å². The van der Waals surface area contributed by atoms with Gasteiger partial charge in [0.15, 0.2) is 0 Å². The van der Waals surface area contributed by atoms with Crippen LogP contribution in [0.3, 0.4) is 0 Å². The Morgan fingerprint density at radius 1 is 1.30 bits per heavy atom. The Bertz CT molecular complexity index is 482. The number of rotatable bonds is 10. The summed E-state index contributed by atoms with van der Waals surface area (Å²) in [5, 5.41) is 7.35. The molecule has 6 nitrogen and oxygen atoms in total. The van der Waals surface area contributed by atoms with Crippen LogP contribution in [-0.2, 0) is 16.6 Å². The van der Waals surface area contributed by atoms with Crippen LogP contribution in [0.25, 0.3) is 0 Å². The monoisotopic (exact) mass is 302 g/mol. The van der Waals surface area contributed by atoms with Gasteiger partial charge in [-0.3, -0.25) is 4.68 Å². The topological polar surface area (TPSA) is 76.0 Å². The number of aromatic nitrogens is 2. The highest BCUT2D eigenvalue weighted by Crippen LogP contribution is 2.07. The summed E-state index contributed by atoms with van der Waals surface area (Å²) in [6.45, 7) is 8.13. The molecular formula is C13H26N4O2S. The first-order valence-electron chi connectivity index (χ1n) is 7.21. The van der Waals surface area contributed by atoms with E-state index in [4.69, 9.17) is 0 Å². The minimum atomic E-state index is -3.42. The molecule has 0 aliphatic heterocycles. The lowest BCUT2D eigenvalue weighted by atomic mass is 10.3. The van der Waals surface area contributed by atoms with E-state index < -0.39 is 10.0 Å². The molecule has 0 atom stereocenters. The summed E-state index contributed by atoms with van der Waals surface area (Å²) in [6.07, 6.45) is 5.94. The van der Waals surface area contributed by atoms with E-state index in [0.29, 0.717) is 19.1 Å². The predicted octanol–water partition coefficient (Wildman–Crippen LogP) is 1.35. The highest BCUT2D eigenvalue weighted by atomic mass is 32.2. The average Bonchev–Trinajstić information content (AvgIpc) is 2.84. The van der Waals surface area contributed by atoms with Crippen LogP contribution in [0, 0.1) is 0 Å². The third-order valence-electron chi connectivity index (χ3n) is 2.89. The van der Waals surface area contributed by atoms with E-state index in [0.717, 1.165) is 25.8 Å². The van der Waals surface area contributed by atoms with Crippen LogP contribution in [-0.4, -0.2) is 37.3 Å². The van der Waals surface area contributed by atoms with Crippen LogP contribution in [0.4, 0.5) is 0 Å². The lowest BCUT2D eigenvalue weighted by Gasteiger charge is -2.07. The second kappa shape index (κ2) is 8.39. The molecule has 0 spiro atoms. The lowest BCUT2D eigenvalue weighted by molar-refractivity contribution is 0.514. The molecule has 0 unspecified atom stereocenters. The van der Waals surface area contributed by atoms with Crippen LogP contribution in [0.1, 0.15) is 40.0 Å². The maximum atomic E-state index is 12.0. The summed E-state index contributed by atoms with van der Waals surface area (Å²) < 4.78 is 28.3. The second-order valence-electron chi connectivity index (χ2n) is 5.15. The number of hydrogen-bond acceptors (Lipinski definition) is 4. The molecule has 0 aromatic carbocycles. The number of nitrogens with one attached hydrogen (secondary N) is 2. The molecule has 1 heterocycles. The molecule has 20 heavy (non-hydrogen) atoms. The van der Waals surface area contributed by atoms with E-state index in [-0.39, 0.29) is 4.90 Å². The first kappa shape index (κ1) is 17.1. The third kappa shape index (κ3) is 6.02. The molecule has 1 aromatic heterocycles. The first-order valence-corrected chi connectivity index (χ1v) is 8.69. The lowest BCUT2D eigenvalue weighted by Crippen LogP contribution is -2.27. The van der Waals surface area contributed by atoms with Crippen LogP contribution in [0.5, 0.6) is 0 Å². The van der Waals surface area contributed by atoms with E-state index in [9.17, 15) is 8.42 Å². The summed E-state index contributed by atoms with van der Waals surface area (Å²) in [5.41, 5.74) is 0. The van der Waals surface area contributed by atoms with Gasteiger partial charge >= 0.3 is 0 Å². The first-order chi connectivity index (χ1) is 9.45. The Morgan fingerprint density at radius 3 is 2.70 bits per heavy atom. The Kier molecular flexibility index (Phi) is 7.18. The summed E-state index contributed by atoms with van der Waals surface area (Å²) in [5.74, 6) is 0. The molecule has 1 rings (SSSR count). The maximum Gasteiger partial charge on any atom is 0.243 e. The van der Waals surface area contributed by atoms with Gasteiger partial charge in [0.2, 0.25) is 10.0 Å². The van der Waals surface area contributed by atoms with Crippen molar-refractivity contribution in [3.8, 4) is 0 Å². The highest BCUT2D eigenvalue weighted by Gasteiger charge is 2.15. The van der Waals surface area contributed by atoms with Gasteiger partial charge in [-0.15, -0.1) is 0 Å². The van der Waals surface area contributed by atoms with E-state index >= 15 is 0 Å². The van der Waals surface area contributed by atoms with Gasteiger partial charge in [-0.2, -0.15) is 5.10 Å². The molecule has 0 amide bonds. The van der Waals surface area contributed by atoms with Gasteiger partial charge in [-0.25, -0.2) is 13.1 Å². The molecule has 2 N–H and O–H groups in total. The van der Waals surface area contributed by atoms with E-state index in [1.54, 1.807) is 10.9 Å². The molecule has 0 bridgehead atoms. The van der Waals surface area contributed by atoms with Crippen molar-refractivity contribution in [2.45, 2.75) is 57.5 Å².